The Morgan fingerprint density at radius 3 is 2.50 bits per heavy atom. The van der Waals surface area contributed by atoms with Crippen LogP contribution in [0.25, 0.3) is 0 Å². The summed E-state index contributed by atoms with van der Waals surface area (Å²) in [5, 5.41) is 0.750. The zero-order chi connectivity index (χ0) is 12.2. The fourth-order valence-corrected chi connectivity index (χ4v) is 3.24. The minimum atomic E-state index is -0.487. The Morgan fingerprint density at radius 2 is 1.67 bits per heavy atom. The van der Waals surface area contributed by atoms with Crippen molar-refractivity contribution in [1.29, 1.82) is 0 Å². The van der Waals surface area contributed by atoms with Crippen LogP contribution in [0.2, 0.25) is 5.02 Å². The molecule has 18 heavy (non-hydrogen) atoms. The van der Waals surface area contributed by atoms with Gasteiger partial charge >= 0.3 is 0 Å². The van der Waals surface area contributed by atoms with Crippen molar-refractivity contribution in [2.24, 2.45) is 0 Å². The average Bonchev–Trinajstić information content (AvgIpc) is 2.98. The van der Waals surface area contributed by atoms with E-state index in [1.54, 1.807) is 0 Å². The molecule has 1 nitrogen and oxygen atoms in total. The minimum Gasteiger partial charge on any atom is -0.349 e. The normalized spacial score (nSPS) is 27.5. The zero-order valence-corrected chi connectivity index (χ0v) is 10.4. The number of halogens is 1. The van der Waals surface area contributed by atoms with Crippen LogP contribution in [0.5, 0.6) is 0 Å². The first-order valence-corrected chi connectivity index (χ1v) is 6.41. The van der Waals surface area contributed by atoms with Crippen LogP contribution in [0.1, 0.15) is 22.8 Å². The molecule has 0 radical (unpaired) electrons. The van der Waals surface area contributed by atoms with Crippen molar-refractivity contribution in [1.82, 2.24) is 0 Å². The first kappa shape index (κ1) is 10.4. The molecule has 88 valence electrons. The summed E-state index contributed by atoms with van der Waals surface area (Å²) in [7, 11) is 0. The monoisotopic (exact) mass is 254 g/mol. The molecule has 2 heteroatoms. The maximum atomic E-state index is 6.34. The number of rotatable bonds is 1. The van der Waals surface area contributed by atoms with Crippen LogP contribution in [0.3, 0.4) is 0 Å². The second-order valence-corrected chi connectivity index (χ2v) is 5.11. The Kier molecular flexibility index (Phi) is 2.00. The Hall–Kier alpha value is -1.57. The summed E-state index contributed by atoms with van der Waals surface area (Å²) in [4.78, 5) is 0. The molecule has 0 spiro atoms. The summed E-state index contributed by atoms with van der Waals surface area (Å²) >= 11 is 6.34. The average molecular weight is 255 g/mol. The van der Waals surface area contributed by atoms with Crippen molar-refractivity contribution in [3.05, 3.63) is 82.4 Å². The molecule has 0 fully saturated rings. The summed E-state index contributed by atoms with van der Waals surface area (Å²) in [5.41, 5.74) is 3.00. The molecule has 2 aromatic rings. The standard InChI is InChI=1S/C16H11ClO/c17-14-8-4-3-7-13(14)16-10-9-15(18-16)11-5-1-2-6-12(11)16/h1-10,15H/t15-,16+/m0/s1. The van der Waals surface area contributed by atoms with E-state index in [1.807, 2.05) is 24.3 Å². The Morgan fingerprint density at radius 1 is 0.944 bits per heavy atom. The van der Waals surface area contributed by atoms with Gasteiger partial charge in [0.25, 0.3) is 0 Å². The van der Waals surface area contributed by atoms with Crippen molar-refractivity contribution in [2.75, 3.05) is 0 Å². The molecule has 0 N–H and O–H groups in total. The van der Waals surface area contributed by atoms with Crippen molar-refractivity contribution in [2.45, 2.75) is 11.7 Å². The van der Waals surface area contributed by atoms with Gasteiger partial charge in [0, 0.05) is 10.6 Å². The summed E-state index contributed by atoms with van der Waals surface area (Å²) < 4.78 is 6.20. The predicted octanol–water partition coefficient (Wildman–Crippen LogP) is 4.22. The van der Waals surface area contributed by atoms with Gasteiger partial charge in [-0.25, -0.2) is 0 Å². The second kappa shape index (κ2) is 3.47. The van der Waals surface area contributed by atoms with Gasteiger partial charge in [-0.15, -0.1) is 0 Å². The molecule has 0 saturated carbocycles. The van der Waals surface area contributed by atoms with Gasteiger partial charge in [0.05, 0.1) is 0 Å². The summed E-state index contributed by atoms with van der Waals surface area (Å²) in [5.74, 6) is 0. The number of fused-ring (bicyclic) bond motifs is 5. The highest BCUT2D eigenvalue weighted by atomic mass is 35.5. The second-order valence-electron chi connectivity index (χ2n) is 4.70. The van der Waals surface area contributed by atoms with Crippen LogP contribution < -0.4 is 0 Å². The zero-order valence-electron chi connectivity index (χ0n) is 9.64. The largest absolute Gasteiger partial charge is 0.349 e. The molecule has 2 heterocycles. The van der Waals surface area contributed by atoms with E-state index < -0.39 is 5.60 Å². The molecule has 0 aliphatic carbocycles. The molecule has 2 aromatic carbocycles. The molecule has 2 aliphatic heterocycles. The third-order valence-corrected chi connectivity index (χ3v) is 4.09. The van der Waals surface area contributed by atoms with Crippen LogP contribution in [-0.2, 0) is 10.3 Å². The lowest BCUT2D eigenvalue weighted by Crippen LogP contribution is -2.22. The van der Waals surface area contributed by atoms with Gasteiger partial charge in [-0.3, -0.25) is 0 Å². The third-order valence-electron chi connectivity index (χ3n) is 3.76. The molecule has 0 aromatic heterocycles. The number of benzene rings is 2. The highest BCUT2D eigenvalue weighted by molar-refractivity contribution is 6.31. The van der Waals surface area contributed by atoms with E-state index in [9.17, 15) is 0 Å². The van der Waals surface area contributed by atoms with E-state index in [2.05, 4.69) is 36.4 Å². The van der Waals surface area contributed by atoms with E-state index in [0.29, 0.717) is 0 Å². The molecule has 4 rings (SSSR count). The van der Waals surface area contributed by atoms with Crippen LogP contribution in [0.15, 0.2) is 60.7 Å². The topological polar surface area (TPSA) is 9.23 Å². The fourth-order valence-electron chi connectivity index (χ4n) is 2.97. The van der Waals surface area contributed by atoms with E-state index in [4.69, 9.17) is 16.3 Å². The van der Waals surface area contributed by atoms with Gasteiger partial charge in [-0.1, -0.05) is 60.1 Å². The predicted molar refractivity (Wildman–Crippen MR) is 71.6 cm³/mol. The lowest BCUT2D eigenvalue weighted by molar-refractivity contribution is 0.0271. The summed E-state index contributed by atoms with van der Waals surface area (Å²) in [6.07, 6.45) is 4.31. The quantitative estimate of drug-likeness (QED) is 0.692. The summed E-state index contributed by atoms with van der Waals surface area (Å²) in [6, 6.07) is 16.3. The highest BCUT2D eigenvalue weighted by Gasteiger charge is 2.48. The Balaban J connectivity index is 2.01. The van der Waals surface area contributed by atoms with Gasteiger partial charge in [-0.2, -0.15) is 0 Å². The Bertz CT molecular complexity index is 662. The van der Waals surface area contributed by atoms with Crippen molar-refractivity contribution in [3.8, 4) is 0 Å². The van der Waals surface area contributed by atoms with Crippen LogP contribution in [-0.4, -0.2) is 0 Å². The molecule has 2 atom stereocenters. The van der Waals surface area contributed by atoms with Crippen LogP contribution in [0.4, 0.5) is 0 Å². The Labute approximate surface area is 111 Å². The SMILES string of the molecule is Clc1ccccc1[C@]12C=C[C@H](O1)c1ccccc12. The molecule has 0 saturated heterocycles. The van der Waals surface area contributed by atoms with E-state index in [1.165, 1.54) is 11.1 Å². The smallest absolute Gasteiger partial charge is 0.140 e. The van der Waals surface area contributed by atoms with Crippen LogP contribution in [0, 0.1) is 0 Å². The molecule has 0 unspecified atom stereocenters. The number of hydrogen-bond donors (Lipinski definition) is 0. The van der Waals surface area contributed by atoms with E-state index in [-0.39, 0.29) is 6.10 Å². The van der Waals surface area contributed by atoms with Crippen molar-refractivity contribution >= 4 is 11.6 Å². The van der Waals surface area contributed by atoms with Crippen molar-refractivity contribution in [3.63, 3.8) is 0 Å². The fraction of sp³-hybridized carbons (Fsp3) is 0.125. The molecular formula is C16H11ClO. The highest BCUT2D eigenvalue weighted by Crippen LogP contribution is 2.54. The van der Waals surface area contributed by atoms with Gasteiger partial charge in [0.1, 0.15) is 11.7 Å². The molecule has 2 bridgehead atoms. The van der Waals surface area contributed by atoms with Gasteiger partial charge < -0.3 is 4.74 Å². The number of ether oxygens (including phenoxy) is 1. The minimum absolute atomic E-state index is 0.0671. The first-order valence-electron chi connectivity index (χ1n) is 6.03. The van der Waals surface area contributed by atoms with E-state index >= 15 is 0 Å². The lowest BCUT2D eigenvalue weighted by Gasteiger charge is -2.25. The van der Waals surface area contributed by atoms with Gasteiger partial charge in [-0.05, 0) is 23.3 Å². The van der Waals surface area contributed by atoms with Crippen LogP contribution >= 0.6 is 11.6 Å². The van der Waals surface area contributed by atoms with Gasteiger partial charge in [0.2, 0.25) is 0 Å². The maximum Gasteiger partial charge on any atom is 0.140 e. The summed E-state index contributed by atoms with van der Waals surface area (Å²) in [6.45, 7) is 0. The lowest BCUT2D eigenvalue weighted by atomic mass is 9.82. The third kappa shape index (κ3) is 1.16. The molecule has 0 amide bonds. The number of hydrogen-bond acceptors (Lipinski definition) is 1. The van der Waals surface area contributed by atoms with Crippen molar-refractivity contribution < 1.29 is 4.74 Å². The maximum absolute atomic E-state index is 6.34. The first-order chi connectivity index (χ1) is 8.81. The molecule has 2 aliphatic rings. The van der Waals surface area contributed by atoms with E-state index in [0.717, 1.165) is 10.6 Å². The van der Waals surface area contributed by atoms with Gasteiger partial charge in [0.15, 0.2) is 0 Å². The molecular weight excluding hydrogens is 244 g/mol.